The Bertz CT molecular complexity index is 1080. The number of aromatic nitrogens is 1. The number of rotatable bonds is 4. The van der Waals surface area contributed by atoms with Crippen LogP contribution in [-0.2, 0) is 17.6 Å². The molecule has 1 spiro atoms. The SMILES string of the molecule is CSc1ccc(C2(O)CCC3(CC2CN(C)C)NCCc2c3[nH]c3ccccc23)cc1. The van der Waals surface area contributed by atoms with Crippen molar-refractivity contribution in [2.45, 2.75) is 41.7 Å². The van der Waals surface area contributed by atoms with E-state index in [0.29, 0.717) is 0 Å². The van der Waals surface area contributed by atoms with E-state index in [1.807, 2.05) is 0 Å². The van der Waals surface area contributed by atoms with Crippen LogP contribution in [0, 0.1) is 5.92 Å². The lowest BCUT2D eigenvalue weighted by Crippen LogP contribution is -2.57. The molecule has 0 amide bonds. The molecule has 1 fully saturated rings. The topological polar surface area (TPSA) is 51.3 Å². The van der Waals surface area contributed by atoms with Gasteiger partial charge in [-0.3, -0.25) is 0 Å². The van der Waals surface area contributed by atoms with Crippen molar-refractivity contribution in [3.8, 4) is 0 Å². The van der Waals surface area contributed by atoms with E-state index in [0.717, 1.165) is 44.3 Å². The molecule has 3 N–H and O–H groups in total. The average molecular weight is 436 g/mol. The van der Waals surface area contributed by atoms with E-state index in [1.165, 1.54) is 27.1 Å². The second-order valence-electron chi connectivity index (χ2n) is 9.60. The van der Waals surface area contributed by atoms with E-state index in [-0.39, 0.29) is 11.5 Å². The lowest BCUT2D eigenvalue weighted by Gasteiger charge is -2.51. The fourth-order valence-electron chi connectivity index (χ4n) is 5.99. The predicted octanol–water partition coefficient (Wildman–Crippen LogP) is 4.48. The summed E-state index contributed by atoms with van der Waals surface area (Å²) in [5.74, 6) is 0.140. The highest BCUT2D eigenvalue weighted by atomic mass is 32.2. The quantitative estimate of drug-likeness (QED) is 0.529. The van der Waals surface area contributed by atoms with Gasteiger partial charge in [-0.2, -0.15) is 0 Å². The maximum absolute atomic E-state index is 12.0. The van der Waals surface area contributed by atoms with Crippen LogP contribution >= 0.6 is 11.8 Å². The van der Waals surface area contributed by atoms with E-state index in [2.05, 4.69) is 84.1 Å². The minimum Gasteiger partial charge on any atom is -0.385 e. The summed E-state index contributed by atoms with van der Waals surface area (Å²) < 4.78 is 0. The molecule has 0 bridgehead atoms. The Morgan fingerprint density at radius 1 is 1.10 bits per heavy atom. The van der Waals surface area contributed by atoms with Crippen LogP contribution in [0.2, 0.25) is 0 Å². The number of para-hydroxylation sites is 1. The average Bonchev–Trinajstić information content (AvgIpc) is 3.17. The third kappa shape index (κ3) is 3.52. The van der Waals surface area contributed by atoms with Crippen molar-refractivity contribution in [1.82, 2.24) is 15.2 Å². The number of hydrogen-bond acceptors (Lipinski definition) is 4. The third-order valence-corrected chi connectivity index (χ3v) is 8.25. The summed E-state index contributed by atoms with van der Waals surface area (Å²) in [5.41, 5.74) is 4.19. The molecule has 0 radical (unpaired) electrons. The first-order chi connectivity index (χ1) is 14.9. The van der Waals surface area contributed by atoms with Crippen molar-refractivity contribution in [1.29, 1.82) is 0 Å². The number of aliphatic hydroxyl groups is 1. The number of nitrogens with zero attached hydrogens (tertiary/aromatic N) is 1. The molecule has 2 aliphatic rings. The van der Waals surface area contributed by atoms with E-state index < -0.39 is 5.60 Å². The molecule has 4 nitrogen and oxygen atoms in total. The van der Waals surface area contributed by atoms with Crippen LogP contribution in [-0.4, -0.2) is 48.4 Å². The van der Waals surface area contributed by atoms with Crippen molar-refractivity contribution < 1.29 is 5.11 Å². The lowest BCUT2D eigenvalue weighted by atomic mass is 9.62. The standard InChI is InChI=1S/C26H33N3OS/c1-29(2)17-19-16-25(13-14-26(19,30)18-8-10-20(31-3)11-9-18)24-22(12-15-27-25)21-6-4-5-7-23(21)28-24/h4-11,19,27-28,30H,12-17H2,1-3H3. The van der Waals surface area contributed by atoms with E-state index >= 15 is 0 Å². The molecule has 5 heteroatoms. The molecule has 3 atom stereocenters. The number of nitrogens with one attached hydrogen (secondary N) is 2. The van der Waals surface area contributed by atoms with Gasteiger partial charge in [0.25, 0.3) is 0 Å². The van der Waals surface area contributed by atoms with Gasteiger partial charge >= 0.3 is 0 Å². The van der Waals surface area contributed by atoms with Crippen LogP contribution < -0.4 is 5.32 Å². The zero-order chi connectivity index (χ0) is 21.6. The monoisotopic (exact) mass is 435 g/mol. The Kier molecular flexibility index (Phi) is 5.41. The van der Waals surface area contributed by atoms with Crippen LogP contribution in [0.1, 0.15) is 36.1 Å². The number of hydrogen-bond donors (Lipinski definition) is 3. The molecule has 2 heterocycles. The summed E-state index contributed by atoms with van der Waals surface area (Å²) in [6, 6.07) is 17.2. The number of fused-ring (bicyclic) bond motifs is 4. The van der Waals surface area contributed by atoms with Crippen LogP contribution in [0.5, 0.6) is 0 Å². The minimum atomic E-state index is -0.808. The zero-order valence-electron chi connectivity index (χ0n) is 18.7. The summed E-state index contributed by atoms with van der Waals surface area (Å²) in [6.45, 7) is 1.85. The highest BCUT2D eigenvalue weighted by molar-refractivity contribution is 7.98. The molecule has 3 unspecified atom stereocenters. The number of H-pyrrole nitrogens is 1. The minimum absolute atomic E-state index is 0.0985. The van der Waals surface area contributed by atoms with Crippen molar-refractivity contribution in [3.05, 3.63) is 65.4 Å². The maximum atomic E-state index is 12.0. The third-order valence-electron chi connectivity index (χ3n) is 7.51. The molecule has 0 saturated heterocycles. The molecular formula is C26H33N3OS. The van der Waals surface area contributed by atoms with E-state index in [1.54, 1.807) is 11.8 Å². The van der Waals surface area contributed by atoms with Gasteiger partial charge in [-0.25, -0.2) is 0 Å². The summed E-state index contributed by atoms with van der Waals surface area (Å²) >= 11 is 1.74. The number of aromatic amines is 1. The predicted molar refractivity (Wildman–Crippen MR) is 130 cm³/mol. The van der Waals surface area contributed by atoms with Crippen LogP contribution in [0.3, 0.4) is 0 Å². The van der Waals surface area contributed by atoms with Crippen molar-refractivity contribution in [3.63, 3.8) is 0 Å². The molecular weight excluding hydrogens is 402 g/mol. The molecule has 31 heavy (non-hydrogen) atoms. The number of thioether (sulfide) groups is 1. The van der Waals surface area contributed by atoms with Crippen LogP contribution in [0.25, 0.3) is 10.9 Å². The first kappa shape index (κ1) is 21.1. The molecule has 5 rings (SSSR count). The summed E-state index contributed by atoms with van der Waals surface area (Å²) in [4.78, 5) is 7.23. The summed E-state index contributed by atoms with van der Waals surface area (Å²) in [6.07, 6.45) is 5.75. The van der Waals surface area contributed by atoms with Gasteiger partial charge in [0, 0.05) is 40.5 Å². The first-order valence-electron chi connectivity index (χ1n) is 11.3. The summed E-state index contributed by atoms with van der Waals surface area (Å²) in [5, 5.41) is 17.3. The van der Waals surface area contributed by atoms with Gasteiger partial charge in [0.2, 0.25) is 0 Å². The van der Waals surface area contributed by atoms with Gasteiger partial charge in [-0.05, 0) is 75.4 Å². The fraction of sp³-hybridized carbons (Fsp3) is 0.462. The lowest BCUT2D eigenvalue weighted by molar-refractivity contribution is -0.0887. The fourth-order valence-corrected chi connectivity index (χ4v) is 6.39. The first-order valence-corrected chi connectivity index (χ1v) is 12.5. The van der Waals surface area contributed by atoms with Gasteiger partial charge in [-0.15, -0.1) is 11.8 Å². The largest absolute Gasteiger partial charge is 0.385 e. The summed E-state index contributed by atoms with van der Waals surface area (Å²) in [7, 11) is 4.22. The Labute approximate surface area is 189 Å². The maximum Gasteiger partial charge on any atom is 0.0938 e. The Hall–Kier alpha value is -1.79. The smallest absolute Gasteiger partial charge is 0.0938 e. The van der Waals surface area contributed by atoms with Gasteiger partial charge in [0.15, 0.2) is 0 Å². The van der Waals surface area contributed by atoms with Crippen molar-refractivity contribution in [2.75, 3.05) is 33.4 Å². The van der Waals surface area contributed by atoms with Gasteiger partial charge in [0.1, 0.15) is 0 Å². The van der Waals surface area contributed by atoms with E-state index in [9.17, 15) is 5.11 Å². The van der Waals surface area contributed by atoms with Gasteiger partial charge in [-0.1, -0.05) is 30.3 Å². The van der Waals surface area contributed by atoms with Gasteiger partial charge < -0.3 is 20.3 Å². The molecule has 1 saturated carbocycles. The molecule has 1 aliphatic carbocycles. The molecule has 2 aromatic carbocycles. The Morgan fingerprint density at radius 3 is 2.61 bits per heavy atom. The number of benzene rings is 2. The second-order valence-corrected chi connectivity index (χ2v) is 10.5. The molecule has 1 aliphatic heterocycles. The molecule has 3 aromatic rings. The Morgan fingerprint density at radius 2 is 1.87 bits per heavy atom. The second kappa shape index (κ2) is 7.96. The van der Waals surface area contributed by atoms with Crippen molar-refractivity contribution in [2.24, 2.45) is 5.92 Å². The highest BCUT2D eigenvalue weighted by Crippen LogP contribution is 2.51. The van der Waals surface area contributed by atoms with Gasteiger partial charge in [0.05, 0.1) is 11.1 Å². The van der Waals surface area contributed by atoms with E-state index in [4.69, 9.17) is 0 Å². The molecule has 164 valence electrons. The van der Waals surface area contributed by atoms with Crippen molar-refractivity contribution >= 4 is 22.7 Å². The Balaban J connectivity index is 1.55. The highest BCUT2D eigenvalue weighted by Gasteiger charge is 2.52. The van der Waals surface area contributed by atoms with Crippen LogP contribution in [0.4, 0.5) is 0 Å². The normalized spacial score (nSPS) is 28.4. The van der Waals surface area contributed by atoms with Crippen LogP contribution in [0.15, 0.2) is 53.4 Å². The zero-order valence-corrected chi connectivity index (χ0v) is 19.6. The molecule has 1 aromatic heterocycles.